The number of carbonyl (C=O) groups is 2. The normalized spacial score (nSPS) is 14.2. The molecule has 1 aliphatic heterocycles. The van der Waals surface area contributed by atoms with Crippen LogP contribution in [0.3, 0.4) is 0 Å². The molecule has 1 aliphatic rings. The van der Waals surface area contributed by atoms with Crippen LogP contribution in [0.4, 0.5) is 5.82 Å². The van der Waals surface area contributed by atoms with Crippen LogP contribution in [0, 0.1) is 0 Å². The van der Waals surface area contributed by atoms with E-state index in [2.05, 4.69) is 4.98 Å². The molecule has 2 heterocycles. The first kappa shape index (κ1) is 18.4. The van der Waals surface area contributed by atoms with Crippen molar-refractivity contribution in [2.24, 2.45) is 0 Å². The van der Waals surface area contributed by atoms with Gasteiger partial charge in [-0.25, -0.2) is 9.59 Å². The van der Waals surface area contributed by atoms with Gasteiger partial charge in [0.05, 0.1) is 13.2 Å². The number of aromatic carboxylic acids is 2. The topological polar surface area (TPSA) is 161 Å². The Morgan fingerprint density at radius 2 is 1.70 bits per heavy atom. The predicted molar refractivity (Wildman–Crippen MR) is 92.0 cm³/mol. The third kappa shape index (κ3) is 3.76. The van der Waals surface area contributed by atoms with Crippen molar-refractivity contribution in [2.45, 2.75) is 6.29 Å². The Hall–Kier alpha value is -3.37. The van der Waals surface area contributed by atoms with Crippen LogP contribution >= 0.6 is 0 Å². The van der Waals surface area contributed by atoms with Gasteiger partial charge in [0.1, 0.15) is 29.3 Å². The molecule has 1 aromatic heterocycles. The average Bonchev–Trinajstić information content (AvgIpc) is 3.12. The van der Waals surface area contributed by atoms with E-state index in [1.54, 1.807) is 0 Å². The van der Waals surface area contributed by atoms with Crippen molar-refractivity contribution in [1.29, 1.82) is 0 Å². The Morgan fingerprint density at radius 3 is 2.26 bits per heavy atom. The van der Waals surface area contributed by atoms with Crippen LogP contribution < -0.4 is 16.0 Å². The van der Waals surface area contributed by atoms with E-state index in [0.29, 0.717) is 19.0 Å². The molecule has 0 amide bonds. The number of nitrogens with one attached hydrogen (secondary N) is 1. The van der Waals surface area contributed by atoms with Crippen LogP contribution in [0.15, 0.2) is 29.1 Å². The van der Waals surface area contributed by atoms with E-state index < -0.39 is 40.7 Å². The van der Waals surface area contributed by atoms with E-state index in [1.165, 1.54) is 24.3 Å². The third-order valence-electron chi connectivity index (χ3n) is 3.89. The van der Waals surface area contributed by atoms with Gasteiger partial charge in [-0.2, -0.15) is 0 Å². The maximum Gasteiger partial charge on any atom is 0.342 e. The lowest BCUT2D eigenvalue weighted by Crippen LogP contribution is -2.24. The summed E-state index contributed by atoms with van der Waals surface area (Å²) in [4.78, 5) is 37.1. The second kappa shape index (κ2) is 7.48. The molecule has 0 aliphatic carbocycles. The number of benzene rings is 1. The van der Waals surface area contributed by atoms with E-state index in [-0.39, 0.29) is 17.7 Å². The van der Waals surface area contributed by atoms with Gasteiger partial charge in [-0.15, -0.1) is 0 Å². The summed E-state index contributed by atoms with van der Waals surface area (Å²) in [5.41, 5.74) is 3.33. The number of nitrogens with two attached hydrogens (primary N) is 1. The largest absolute Gasteiger partial charge is 0.488 e. The quantitative estimate of drug-likeness (QED) is 0.570. The number of hydrogen-bond donors (Lipinski definition) is 4. The Balaban J connectivity index is 1.98. The average molecular weight is 376 g/mol. The molecule has 0 atom stereocenters. The van der Waals surface area contributed by atoms with Gasteiger partial charge in [-0.1, -0.05) is 12.1 Å². The molecular formula is C17H16N2O8. The maximum atomic E-state index is 12.0. The number of carboxylic acids is 2. The maximum absolute atomic E-state index is 12.0. The number of nitrogen functional groups attached to an aromatic ring is 1. The van der Waals surface area contributed by atoms with Gasteiger partial charge in [0, 0.05) is 5.56 Å². The second-order valence-electron chi connectivity index (χ2n) is 5.61. The molecule has 5 N–H and O–H groups in total. The zero-order valence-corrected chi connectivity index (χ0v) is 13.9. The first-order valence-electron chi connectivity index (χ1n) is 7.87. The fraction of sp³-hybridized carbons (Fsp3) is 0.235. The highest BCUT2D eigenvalue weighted by atomic mass is 16.7. The van der Waals surface area contributed by atoms with E-state index in [1.807, 2.05) is 0 Å². The molecule has 0 unspecified atom stereocenters. The summed E-state index contributed by atoms with van der Waals surface area (Å²) < 4.78 is 16.0. The van der Waals surface area contributed by atoms with Crippen LogP contribution in [0.1, 0.15) is 20.7 Å². The highest BCUT2D eigenvalue weighted by molar-refractivity contribution is 6.07. The van der Waals surface area contributed by atoms with Crippen LogP contribution in [0.2, 0.25) is 0 Å². The summed E-state index contributed by atoms with van der Waals surface area (Å²) in [5.74, 6) is -3.02. The molecule has 0 saturated carbocycles. The van der Waals surface area contributed by atoms with Gasteiger partial charge in [0.2, 0.25) is 0 Å². The Kier molecular flexibility index (Phi) is 5.10. The van der Waals surface area contributed by atoms with Gasteiger partial charge in [-0.05, 0) is 17.7 Å². The number of hydrogen-bond acceptors (Lipinski definition) is 7. The van der Waals surface area contributed by atoms with Gasteiger partial charge in [0.25, 0.3) is 5.56 Å². The van der Waals surface area contributed by atoms with Gasteiger partial charge >= 0.3 is 11.9 Å². The standard InChI is InChI=1S/C17H16N2O8/c18-14-12(16(21)22)11(13(17(23)24)15(20)19-14)8-1-3-9(4-2-8)27-7-10-25-5-6-26-10/h1-4,10H,5-7H2,(H,21,22)(H,23,24)(H3,18,19,20). The van der Waals surface area contributed by atoms with Gasteiger partial charge in [-0.3, -0.25) is 4.79 Å². The zero-order valence-electron chi connectivity index (χ0n) is 13.9. The van der Waals surface area contributed by atoms with E-state index in [4.69, 9.17) is 19.9 Å². The zero-order chi connectivity index (χ0) is 19.6. The molecule has 1 fully saturated rings. The number of aromatic nitrogens is 1. The van der Waals surface area contributed by atoms with Crippen molar-refractivity contribution in [2.75, 3.05) is 25.6 Å². The minimum atomic E-state index is -1.57. The number of pyridine rings is 1. The summed E-state index contributed by atoms with van der Waals surface area (Å²) in [6.07, 6.45) is -0.464. The van der Waals surface area contributed by atoms with Crippen molar-refractivity contribution in [3.63, 3.8) is 0 Å². The van der Waals surface area contributed by atoms with Crippen molar-refractivity contribution in [3.8, 4) is 16.9 Å². The molecule has 10 heteroatoms. The summed E-state index contributed by atoms with van der Waals surface area (Å²) in [6.45, 7) is 1.15. The number of H-pyrrole nitrogens is 1. The minimum Gasteiger partial charge on any atom is -0.488 e. The van der Waals surface area contributed by atoms with E-state index in [9.17, 15) is 24.6 Å². The van der Waals surface area contributed by atoms with Crippen molar-refractivity contribution in [1.82, 2.24) is 4.98 Å². The number of carboxylic acid groups (broad SMARTS) is 2. The van der Waals surface area contributed by atoms with Crippen molar-refractivity contribution in [3.05, 3.63) is 45.7 Å². The molecule has 1 saturated heterocycles. The molecule has 10 nitrogen and oxygen atoms in total. The molecule has 1 aromatic carbocycles. The second-order valence-corrected chi connectivity index (χ2v) is 5.61. The van der Waals surface area contributed by atoms with Gasteiger partial charge in [0.15, 0.2) is 6.29 Å². The minimum absolute atomic E-state index is 0.165. The lowest BCUT2D eigenvalue weighted by molar-refractivity contribution is -0.0684. The lowest BCUT2D eigenvalue weighted by atomic mass is 9.95. The smallest absolute Gasteiger partial charge is 0.342 e. The number of rotatable bonds is 6. The summed E-state index contributed by atoms with van der Waals surface area (Å²) in [7, 11) is 0. The molecule has 142 valence electrons. The van der Waals surface area contributed by atoms with Crippen molar-refractivity contribution >= 4 is 17.8 Å². The van der Waals surface area contributed by atoms with Crippen LogP contribution in [0.25, 0.3) is 11.1 Å². The number of anilines is 1. The molecular weight excluding hydrogens is 360 g/mol. The highest BCUT2D eigenvalue weighted by Crippen LogP contribution is 2.30. The number of aromatic amines is 1. The van der Waals surface area contributed by atoms with Crippen LogP contribution in [-0.4, -0.2) is 53.2 Å². The molecule has 3 rings (SSSR count). The third-order valence-corrected chi connectivity index (χ3v) is 3.89. The first-order chi connectivity index (χ1) is 12.9. The molecule has 0 spiro atoms. The van der Waals surface area contributed by atoms with Crippen LogP contribution in [0.5, 0.6) is 5.75 Å². The number of ether oxygens (including phenoxy) is 3. The molecule has 2 aromatic rings. The fourth-order valence-corrected chi connectivity index (χ4v) is 2.72. The summed E-state index contributed by atoms with van der Waals surface area (Å²) in [5, 5.41) is 18.8. The Morgan fingerprint density at radius 1 is 1.11 bits per heavy atom. The van der Waals surface area contributed by atoms with Gasteiger partial charge < -0.3 is 35.1 Å². The molecule has 27 heavy (non-hydrogen) atoms. The van der Waals surface area contributed by atoms with E-state index >= 15 is 0 Å². The summed E-state index contributed by atoms with van der Waals surface area (Å²) in [6, 6.07) is 5.91. The van der Waals surface area contributed by atoms with E-state index in [0.717, 1.165) is 0 Å². The molecule has 0 radical (unpaired) electrons. The van der Waals surface area contributed by atoms with Crippen LogP contribution in [-0.2, 0) is 9.47 Å². The monoisotopic (exact) mass is 376 g/mol. The summed E-state index contributed by atoms with van der Waals surface area (Å²) >= 11 is 0. The highest BCUT2D eigenvalue weighted by Gasteiger charge is 2.26. The molecule has 0 bridgehead atoms. The lowest BCUT2D eigenvalue weighted by Gasteiger charge is -2.14. The fourth-order valence-electron chi connectivity index (χ4n) is 2.72. The first-order valence-corrected chi connectivity index (χ1v) is 7.87. The Bertz CT molecular complexity index is 929. The predicted octanol–water partition coefficient (Wildman–Crippen LogP) is 0.772. The Labute approximate surface area is 152 Å². The SMILES string of the molecule is Nc1[nH]c(=O)c(C(=O)O)c(-c2ccc(OCC3OCCO3)cc2)c1C(=O)O. The van der Waals surface area contributed by atoms with Crippen molar-refractivity contribution < 1.29 is 34.0 Å².